The van der Waals surface area contributed by atoms with E-state index in [0.29, 0.717) is 26.2 Å². The molecule has 1 aromatic rings. The van der Waals surface area contributed by atoms with Crippen molar-refractivity contribution in [3.63, 3.8) is 0 Å². The molecule has 23 heavy (non-hydrogen) atoms. The Morgan fingerprint density at radius 2 is 1.87 bits per heavy atom. The first kappa shape index (κ1) is 17.5. The van der Waals surface area contributed by atoms with Crippen molar-refractivity contribution in [1.29, 1.82) is 0 Å². The summed E-state index contributed by atoms with van der Waals surface area (Å²) in [5.74, 6) is -0.00978. The third kappa shape index (κ3) is 5.71. The normalized spacial score (nSPS) is 16.5. The van der Waals surface area contributed by atoms with Gasteiger partial charge in [0.2, 0.25) is 5.91 Å². The molecule has 0 saturated carbocycles. The van der Waals surface area contributed by atoms with E-state index in [-0.39, 0.29) is 12.0 Å². The van der Waals surface area contributed by atoms with Gasteiger partial charge in [-0.25, -0.2) is 4.79 Å². The zero-order chi connectivity index (χ0) is 16.9. The molecule has 0 atom stereocenters. The Labute approximate surface area is 141 Å². The van der Waals surface area contributed by atoms with Crippen LogP contribution in [0.25, 0.3) is 6.08 Å². The Balaban J connectivity index is 1.88. The Morgan fingerprint density at radius 3 is 2.52 bits per heavy atom. The maximum atomic E-state index is 12.3. The van der Waals surface area contributed by atoms with Crippen LogP contribution in [0.15, 0.2) is 23.6 Å². The third-order valence-electron chi connectivity index (χ3n) is 3.39. The number of nitrogens with zero attached hydrogens (tertiary/aromatic N) is 2. The van der Waals surface area contributed by atoms with Crippen molar-refractivity contribution >= 4 is 29.4 Å². The van der Waals surface area contributed by atoms with Crippen LogP contribution >= 0.6 is 11.3 Å². The summed E-state index contributed by atoms with van der Waals surface area (Å²) in [5.41, 5.74) is -0.498. The fraction of sp³-hybridized carbons (Fsp3) is 0.529. The summed E-state index contributed by atoms with van der Waals surface area (Å²) in [4.78, 5) is 28.9. The van der Waals surface area contributed by atoms with Gasteiger partial charge in [0.05, 0.1) is 0 Å². The zero-order valence-corrected chi connectivity index (χ0v) is 14.8. The van der Waals surface area contributed by atoms with E-state index in [1.807, 2.05) is 44.4 Å². The Bertz CT molecular complexity index is 561. The maximum Gasteiger partial charge on any atom is 0.410 e. The molecule has 1 aliphatic heterocycles. The van der Waals surface area contributed by atoms with Gasteiger partial charge in [-0.3, -0.25) is 4.79 Å². The highest BCUT2D eigenvalue weighted by Crippen LogP contribution is 2.13. The number of carbonyl (C=O) groups is 2. The molecule has 2 heterocycles. The second-order valence-electron chi connectivity index (χ2n) is 6.49. The molecule has 2 rings (SSSR count). The van der Waals surface area contributed by atoms with Crippen molar-refractivity contribution in [2.75, 3.05) is 26.2 Å². The van der Waals surface area contributed by atoms with Gasteiger partial charge in [-0.05, 0) is 44.7 Å². The summed E-state index contributed by atoms with van der Waals surface area (Å²) in [7, 11) is 0. The monoisotopic (exact) mass is 336 g/mol. The van der Waals surface area contributed by atoms with Gasteiger partial charge >= 0.3 is 6.09 Å². The van der Waals surface area contributed by atoms with E-state index < -0.39 is 5.60 Å². The van der Waals surface area contributed by atoms with E-state index in [2.05, 4.69) is 0 Å². The average molecular weight is 336 g/mol. The number of hydrogen-bond donors (Lipinski definition) is 0. The minimum atomic E-state index is -0.498. The minimum Gasteiger partial charge on any atom is -0.444 e. The molecular formula is C17H24N2O3S. The summed E-state index contributed by atoms with van der Waals surface area (Å²) in [6, 6.07) is 3.93. The molecule has 6 heteroatoms. The summed E-state index contributed by atoms with van der Waals surface area (Å²) >= 11 is 1.60. The predicted molar refractivity (Wildman–Crippen MR) is 92.4 cm³/mol. The highest BCUT2D eigenvalue weighted by atomic mass is 32.1. The molecule has 0 bridgehead atoms. The molecular weight excluding hydrogens is 312 g/mol. The fourth-order valence-corrected chi connectivity index (χ4v) is 2.91. The van der Waals surface area contributed by atoms with Gasteiger partial charge in [-0.2, -0.15) is 0 Å². The molecule has 1 fully saturated rings. The molecule has 2 amide bonds. The molecule has 1 aromatic heterocycles. The van der Waals surface area contributed by atoms with Gasteiger partial charge in [-0.1, -0.05) is 6.07 Å². The summed E-state index contributed by atoms with van der Waals surface area (Å²) in [6.45, 7) is 7.89. The quantitative estimate of drug-likeness (QED) is 0.779. The lowest BCUT2D eigenvalue weighted by Gasteiger charge is -2.26. The second kappa shape index (κ2) is 7.64. The fourth-order valence-electron chi connectivity index (χ4n) is 2.29. The highest BCUT2D eigenvalue weighted by Gasteiger charge is 2.25. The minimum absolute atomic E-state index is 0.00978. The van der Waals surface area contributed by atoms with Crippen LogP contribution in [0.3, 0.4) is 0 Å². The van der Waals surface area contributed by atoms with Crippen molar-refractivity contribution < 1.29 is 14.3 Å². The molecule has 0 radical (unpaired) electrons. The van der Waals surface area contributed by atoms with Crippen molar-refractivity contribution in [3.8, 4) is 0 Å². The highest BCUT2D eigenvalue weighted by molar-refractivity contribution is 7.10. The standard InChI is InChI=1S/C17H24N2O3S/c1-17(2,3)22-16(21)19-10-5-9-18(11-12-19)15(20)8-7-14-6-4-13-23-14/h4,6-8,13H,5,9-12H2,1-3H3/b8-7+. The first-order valence-corrected chi connectivity index (χ1v) is 8.71. The summed E-state index contributed by atoms with van der Waals surface area (Å²) in [6.07, 6.45) is 3.90. The van der Waals surface area contributed by atoms with Crippen LogP contribution in [-0.2, 0) is 9.53 Å². The number of thiophene rings is 1. The van der Waals surface area contributed by atoms with Crippen molar-refractivity contribution in [3.05, 3.63) is 28.5 Å². The van der Waals surface area contributed by atoms with Crippen LogP contribution < -0.4 is 0 Å². The van der Waals surface area contributed by atoms with Gasteiger partial charge in [0.15, 0.2) is 0 Å². The van der Waals surface area contributed by atoms with E-state index in [0.717, 1.165) is 11.3 Å². The van der Waals surface area contributed by atoms with Gasteiger partial charge in [0.25, 0.3) is 0 Å². The lowest BCUT2D eigenvalue weighted by molar-refractivity contribution is -0.125. The van der Waals surface area contributed by atoms with Gasteiger partial charge in [-0.15, -0.1) is 11.3 Å². The lowest BCUT2D eigenvalue weighted by atomic mass is 10.2. The zero-order valence-electron chi connectivity index (χ0n) is 13.9. The predicted octanol–water partition coefficient (Wildman–Crippen LogP) is 3.23. The van der Waals surface area contributed by atoms with E-state index in [1.165, 1.54) is 0 Å². The van der Waals surface area contributed by atoms with Crippen LogP contribution in [0.5, 0.6) is 0 Å². The maximum absolute atomic E-state index is 12.3. The van der Waals surface area contributed by atoms with Gasteiger partial charge in [0.1, 0.15) is 5.60 Å². The van der Waals surface area contributed by atoms with Crippen molar-refractivity contribution in [2.24, 2.45) is 0 Å². The smallest absolute Gasteiger partial charge is 0.410 e. The van der Waals surface area contributed by atoms with E-state index >= 15 is 0 Å². The van der Waals surface area contributed by atoms with Crippen LogP contribution in [0, 0.1) is 0 Å². The number of rotatable bonds is 2. The van der Waals surface area contributed by atoms with Gasteiger partial charge in [0, 0.05) is 37.1 Å². The van der Waals surface area contributed by atoms with E-state index in [4.69, 9.17) is 4.74 Å². The molecule has 0 aliphatic carbocycles. The first-order chi connectivity index (χ1) is 10.8. The average Bonchev–Trinajstić information content (AvgIpc) is 2.85. The van der Waals surface area contributed by atoms with Crippen molar-refractivity contribution in [2.45, 2.75) is 32.8 Å². The molecule has 0 spiro atoms. The molecule has 0 N–H and O–H groups in total. The molecule has 1 aliphatic rings. The summed E-state index contributed by atoms with van der Waals surface area (Å²) in [5, 5.41) is 1.98. The largest absolute Gasteiger partial charge is 0.444 e. The SMILES string of the molecule is CC(C)(C)OC(=O)N1CCCN(C(=O)/C=C/c2cccs2)CC1. The third-order valence-corrected chi connectivity index (χ3v) is 4.23. The van der Waals surface area contributed by atoms with Gasteiger partial charge < -0.3 is 14.5 Å². The molecule has 1 saturated heterocycles. The molecule has 0 aromatic carbocycles. The molecule has 126 valence electrons. The van der Waals surface area contributed by atoms with Crippen molar-refractivity contribution in [1.82, 2.24) is 9.80 Å². The van der Waals surface area contributed by atoms with E-state index in [9.17, 15) is 9.59 Å². The van der Waals surface area contributed by atoms with Crippen LogP contribution in [0.2, 0.25) is 0 Å². The molecule has 5 nitrogen and oxygen atoms in total. The topological polar surface area (TPSA) is 49.9 Å². The Morgan fingerprint density at radius 1 is 1.17 bits per heavy atom. The molecule has 0 unspecified atom stereocenters. The number of carbonyl (C=O) groups excluding carboxylic acids is 2. The van der Waals surface area contributed by atoms with Crippen LogP contribution in [-0.4, -0.2) is 53.6 Å². The first-order valence-electron chi connectivity index (χ1n) is 7.83. The van der Waals surface area contributed by atoms with Crippen LogP contribution in [0.4, 0.5) is 4.79 Å². The number of hydrogen-bond acceptors (Lipinski definition) is 4. The Kier molecular flexibility index (Phi) is 5.82. The lowest BCUT2D eigenvalue weighted by Crippen LogP contribution is -2.39. The van der Waals surface area contributed by atoms with Crippen LogP contribution in [0.1, 0.15) is 32.1 Å². The Hall–Kier alpha value is -1.82. The second-order valence-corrected chi connectivity index (χ2v) is 7.47. The number of ether oxygens (including phenoxy) is 1. The summed E-state index contributed by atoms with van der Waals surface area (Å²) < 4.78 is 5.40. The number of amides is 2. The van der Waals surface area contributed by atoms with E-state index in [1.54, 1.807) is 27.2 Å².